The minimum atomic E-state index is -0.828. The van der Waals surface area contributed by atoms with E-state index in [1.54, 1.807) is 6.08 Å². The predicted molar refractivity (Wildman–Crippen MR) is 268 cm³/mol. The summed E-state index contributed by atoms with van der Waals surface area (Å²) in [5, 5.41) is 23.6. The maximum Gasteiger partial charge on any atom is 0.306 e. The molecule has 0 aromatic rings. The summed E-state index contributed by atoms with van der Waals surface area (Å²) in [5.41, 5.74) is 0. The van der Waals surface area contributed by atoms with Crippen LogP contribution in [0.4, 0.5) is 0 Å². The van der Waals surface area contributed by atoms with Gasteiger partial charge in [-0.2, -0.15) is 0 Å². The van der Waals surface area contributed by atoms with Crippen LogP contribution in [0.1, 0.15) is 220 Å². The van der Waals surface area contributed by atoms with E-state index in [1.165, 1.54) is 89.9 Å². The van der Waals surface area contributed by atoms with Gasteiger partial charge in [0.05, 0.1) is 25.2 Å². The van der Waals surface area contributed by atoms with Crippen molar-refractivity contribution in [3.8, 4) is 0 Å². The van der Waals surface area contributed by atoms with Crippen molar-refractivity contribution < 1.29 is 24.5 Å². The average Bonchev–Trinajstić information content (AvgIpc) is 3.26. The number of amides is 1. The number of unbranched alkanes of at least 4 members (excludes halogenated alkanes) is 19. The molecule has 0 heterocycles. The molecule has 0 saturated heterocycles. The number of nitrogens with one attached hydrogen (secondary N) is 1. The number of ether oxygens (including phenoxy) is 1. The third kappa shape index (κ3) is 43.4. The lowest BCUT2D eigenvalue weighted by Gasteiger charge is -2.23. The Hall–Kier alpha value is -3.22. The number of carbonyl (C=O) groups excluding carboxylic acids is 2. The molecule has 62 heavy (non-hydrogen) atoms. The first-order valence-corrected chi connectivity index (χ1v) is 25.5. The number of allylic oxidation sites excluding steroid dienone is 15. The van der Waals surface area contributed by atoms with Crippen molar-refractivity contribution in [2.75, 3.05) is 6.61 Å². The molecular formula is C56H95NO5. The van der Waals surface area contributed by atoms with E-state index in [-0.39, 0.29) is 24.9 Å². The quantitative estimate of drug-likeness (QED) is 0.0245. The first kappa shape index (κ1) is 58.8. The Bertz CT molecular complexity index is 1240. The molecule has 0 aliphatic rings. The predicted octanol–water partition coefficient (Wildman–Crippen LogP) is 15.3. The van der Waals surface area contributed by atoms with E-state index in [2.05, 4.69) is 111 Å². The molecule has 0 aliphatic carbocycles. The van der Waals surface area contributed by atoms with E-state index in [1.807, 2.05) is 6.08 Å². The number of hydrogen-bond donors (Lipinski definition) is 3. The first-order chi connectivity index (χ1) is 30.5. The van der Waals surface area contributed by atoms with Crippen LogP contribution in [0.15, 0.2) is 97.2 Å². The Kier molecular flexibility index (Phi) is 46.3. The molecule has 0 bridgehead atoms. The number of esters is 1. The third-order valence-corrected chi connectivity index (χ3v) is 10.9. The highest BCUT2D eigenvalue weighted by atomic mass is 16.5. The third-order valence-electron chi connectivity index (χ3n) is 10.9. The lowest BCUT2D eigenvalue weighted by atomic mass is 10.0. The minimum Gasteiger partial charge on any atom is -0.458 e. The lowest BCUT2D eigenvalue weighted by Crippen LogP contribution is -2.46. The van der Waals surface area contributed by atoms with Gasteiger partial charge in [0.25, 0.3) is 0 Å². The Morgan fingerprint density at radius 1 is 0.516 bits per heavy atom. The molecule has 0 radical (unpaired) electrons. The molecule has 0 saturated carbocycles. The zero-order valence-corrected chi connectivity index (χ0v) is 40.2. The van der Waals surface area contributed by atoms with Crippen molar-refractivity contribution in [2.24, 2.45) is 0 Å². The lowest BCUT2D eigenvalue weighted by molar-refractivity contribution is -0.148. The van der Waals surface area contributed by atoms with Crippen LogP contribution < -0.4 is 5.32 Å². The van der Waals surface area contributed by atoms with Gasteiger partial charge in [-0.1, -0.05) is 221 Å². The van der Waals surface area contributed by atoms with Gasteiger partial charge in [-0.25, -0.2) is 0 Å². The van der Waals surface area contributed by atoms with Crippen LogP contribution in [-0.2, 0) is 14.3 Å². The monoisotopic (exact) mass is 862 g/mol. The highest BCUT2D eigenvalue weighted by molar-refractivity contribution is 5.78. The molecule has 3 N–H and O–H groups in total. The van der Waals surface area contributed by atoms with Crippen LogP contribution in [-0.4, -0.2) is 46.9 Å². The highest BCUT2D eigenvalue weighted by Crippen LogP contribution is 2.15. The molecule has 0 aromatic heterocycles. The Balaban J connectivity index is 4.84. The summed E-state index contributed by atoms with van der Waals surface area (Å²) >= 11 is 0. The second kappa shape index (κ2) is 48.8. The SMILES string of the molecule is CC/C=C\C/C=C\C/C=C\C/C=C\C/C=C\C/C=C\C(CC(=O)NC(CO)C(O)CCCCCCCCCCCC)OC(=O)CCCCC/C=C/C=C/CCCCCCCCC. The minimum absolute atomic E-state index is 0.0628. The summed E-state index contributed by atoms with van der Waals surface area (Å²) in [6, 6.07) is -0.752. The highest BCUT2D eigenvalue weighted by Gasteiger charge is 2.23. The Labute approximate surface area is 382 Å². The zero-order chi connectivity index (χ0) is 45.2. The van der Waals surface area contributed by atoms with Crippen LogP contribution in [0.3, 0.4) is 0 Å². The van der Waals surface area contributed by atoms with Crippen LogP contribution >= 0.6 is 0 Å². The molecule has 6 nitrogen and oxygen atoms in total. The summed E-state index contributed by atoms with van der Waals surface area (Å²) < 4.78 is 5.81. The fraction of sp³-hybridized carbons (Fsp3) is 0.679. The molecule has 0 spiro atoms. The van der Waals surface area contributed by atoms with Gasteiger partial charge in [0.15, 0.2) is 0 Å². The number of carbonyl (C=O) groups is 2. The summed E-state index contributed by atoms with van der Waals surface area (Å²) in [4.78, 5) is 26.0. The summed E-state index contributed by atoms with van der Waals surface area (Å²) in [6.07, 6.45) is 65.0. The van der Waals surface area contributed by atoms with Gasteiger partial charge in [-0.3, -0.25) is 9.59 Å². The largest absolute Gasteiger partial charge is 0.458 e. The first-order valence-electron chi connectivity index (χ1n) is 25.5. The number of aliphatic hydroxyl groups excluding tert-OH is 2. The second-order valence-corrected chi connectivity index (χ2v) is 16.9. The molecule has 0 fully saturated rings. The molecule has 0 rings (SSSR count). The van der Waals surface area contributed by atoms with E-state index in [0.29, 0.717) is 19.3 Å². The molecule has 6 heteroatoms. The van der Waals surface area contributed by atoms with Gasteiger partial charge >= 0.3 is 5.97 Å². The fourth-order valence-electron chi connectivity index (χ4n) is 7.06. The van der Waals surface area contributed by atoms with Gasteiger partial charge in [0.2, 0.25) is 5.91 Å². The van der Waals surface area contributed by atoms with E-state index < -0.39 is 18.2 Å². The molecule has 3 unspecified atom stereocenters. The average molecular weight is 862 g/mol. The van der Waals surface area contributed by atoms with E-state index in [9.17, 15) is 19.8 Å². The Morgan fingerprint density at radius 3 is 1.40 bits per heavy atom. The maximum atomic E-state index is 13.1. The van der Waals surface area contributed by atoms with Crippen LogP contribution in [0.5, 0.6) is 0 Å². The summed E-state index contributed by atoms with van der Waals surface area (Å²) in [6.45, 7) is 6.30. The van der Waals surface area contributed by atoms with Crippen LogP contribution in [0.25, 0.3) is 0 Å². The van der Waals surface area contributed by atoms with Crippen molar-refractivity contribution in [1.29, 1.82) is 0 Å². The maximum absolute atomic E-state index is 13.1. The number of hydrogen-bond acceptors (Lipinski definition) is 5. The van der Waals surface area contributed by atoms with E-state index in [4.69, 9.17) is 4.74 Å². The van der Waals surface area contributed by atoms with Gasteiger partial charge in [-0.05, 0) is 83.1 Å². The summed E-state index contributed by atoms with van der Waals surface area (Å²) in [7, 11) is 0. The number of rotatable bonds is 44. The van der Waals surface area contributed by atoms with E-state index >= 15 is 0 Å². The van der Waals surface area contributed by atoms with Crippen LogP contribution in [0.2, 0.25) is 0 Å². The molecule has 0 aromatic carbocycles. The van der Waals surface area contributed by atoms with Crippen molar-refractivity contribution in [3.63, 3.8) is 0 Å². The smallest absolute Gasteiger partial charge is 0.306 e. The molecule has 1 amide bonds. The fourth-order valence-corrected chi connectivity index (χ4v) is 7.06. The normalized spacial score (nSPS) is 14.1. The molecular weight excluding hydrogens is 767 g/mol. The standard InChI is InChI=1S/C56H95NO5/c1-4-7-10-13-16-19-22-24-26-28-29-31-33-35-38-41-44-47-52(50-55(60)57-53(51-58)54(59)48-45-42-39-36-21-18-15-12-9-6-3)62-56(61)49-46-43-40-37-34-32-30-27-25-23-20-17-14-11-8-5-2/h7,10,16,19,24,26-27,29-32,34-35,38,44,47,52-54,58-59H,4-6,8-9,11-15,17-18,20-23,25,28,33,36-37,39-43,45-46,48-51H2,1-3H3,(H,57,60)/b10-7-,19-16-,26-24-,30-27+,31-29-,34-32+,38-35-,47-44-. The molecule has 354 valence electrons. The van der Waals surface area contributed by atoms with Crippen molar-refractivity contribution in [2.45, 2.75) is 238 Å². The Morgan fingerprint density at radius 2 is 0.935 bits per heavy atom. The van der Waals surface area contributed by atoms with Crippen molar-refractivity contribution in [1.82, 2.24) is 5.32 Å². The number of aliphatic hydroxyl groups is 2. The topological polar surface area (TPSA) is 95.9 Å². The van der Waals surface area contributed by atoms with Gasteiger partial charge in [0.1, 0.15) is 6.10 Å². The van der Waals surface area contributed by atoms with Gasteiger partial charge in [0, 0.05) is 6.42 Å². The zero-order valence-electron chi connectivity index (χ0n) is 40.2. The summed E-state index contributed by atoms with van der Waals surface area (Å²) in [5.74, 6) is -0.669. The molecule has 3 atom stereocenters. The van der Waals surface area contributed by atoms with Gasteiger partial charge in [-0.15, -0.1) is 0 Å². The molecule has 0 aliphatic heterocycles. The van der Waals surface area contributed by atoms with Crippen molar-refractivity contribution in [3.05, 3.63) is 97.2 Å². The second-order valence-electron chi connectivity index (χ2n) is 16.9. The van der Waals surface area contributed by atoms with Gasteiger partial charge < -0.3 is 20.3 Å². The van der Waals surface area contributed by atoms with E-state index in [0.717, 1.165) is 83.5 Å². The van der Waals surface area contributed by atoms with Crippen LogP contribution in [0, 0.1) is 0 Å². The van der Waals surface area contributed by atoms with Crippen molar-refractivity contribution >= 4 is 11.9 Å².